The monoisotopic (exact) mass is 210 g/mol. The van der Waals surface area contributed by atoms with E-state index in [1.807, 2.05) is 0 Å². The molecule has 0 radical (unpaired) electrons. The van der Waals surface area contributed by atoms with E-state index in [1.54, 1.807) is 0 Å². The molecular weight excluding hydrogens is 184 g/mol. The van der Waals surface area contributed by atoms with Crippen LogP contribution in [0.4, 0.5) is 0 Å². The van der Waals surface area contributed by atoms with Gasteiger partial charge in [-0.2, -0.15) is 0 Å². The molecule has 0 aromatic rings. The van der Waals surface area contributed by atoms with E-state index in [0.29, 0.717) is 0 Å². The van der Waals surface area contributed by atoms with Gasteiger partial charge >= 0.3 is 0 Å². The van der Waals surface area contributed by atoms with E-state index in [1.165, 1.54) is 38.9 Å². The van der Waals surface area contributed by atoms with E-state index < -0.39 is 0 Å². The summed E-state index contributed by atoms with van der Waals surface area (Å²) in [5.41, 5.74) is 0. The van der Waals surface area contributed by atoms with Crippen LogP contribution in [0.2, 0.25) is 0 Å². The molecule has 4 atom stereocenters. The van der Waals surface area contributed by atoms with Crippen molar-refractivity contribution < 1.29 is 0 Å². The Morgan fingerprint density at radius 1 is 1.33 bits per heavy atom. The summed E-state index contributed by atoms with van der Waals surface area (Å²) >= 11 is 0. The van der Waals surface area contributed by atoms with Gasteiger partial charge in [0.05, 0.1) is 0 Å². The smallest absolute Gasteiger partial charge is 0.0140 e. The first-order chi connectivity index (χ1) is 7.27. The Morgan fingerprint density at radius 3 is 2.80 bits per heavy atom. The lowest BCUT2D eigenvalue weighted by atomic mass is 9.92. The minimum Gasteiger partial charge on any atom is -0.316 e. The van der Waals surface area contributed by atoms with E-state index in [2.05, 4.69) is 31.0 Å². The molecule has 0 bridgehead atoms. The molecule has 2 fully saturated rings. The van der Waals surface area contributed by atoms with Crippen LogP contribution >= 0.6 is 0 Å². The highest BCUT2D eigenvalue weighted by atomic mass is 15.2. The fourth-order valence-electron chi connectivity index (χ4n) is 3.68. The Bertz CT molecular complexity index is 205. The lowest BCUT2D eigenvalue weighted by Gasteiger charge is -2.32. The van der Waals surface area contributed by atoms with E-state index in [0.717, 1.165) is 23.9 Å². The number of nitrogens with one attached hydrogen (secondary N) is 1. The Morgan fingerprint density at radius 2 is 2.13 bits per heavy atom. The third-order valence-corrected chi connectivity index (χ3v) is 4.45. The average molecular weight is 210 g/mol. The van der Waals surface area contributed by atoms with Gasteiger partial charge in [-0.25, -0.2) is 0 Å². The van der Waals surface area contributed by atoms with Crippen LogP contribution in [0, 0.1) is 11.8 Å². The predicted octanol–water partition coefficient (Wildman–Crippen LogP) is 2.10. The molecule has 15 heavy (non-hydrogen) atoms. The Hall–Kier alpha value is -0.0800. The van der Waals surface area contributed by atoms with Gasteiger partial charge in [0.2, 0.25) is 0 Å². The number of likely N-dealkylation sites (tertiary alicyclic amines) is 1. The number of hydrogen-bond donors (Lipinski definition) is 1. The molecule has 2 heteroatoms. The van der Waals surface area contributed by atoms with Crippen molar-refractivity contribution in [3.05, 3.63) is 0 Å². The van der Waals surface area contributed by atoms with Gasteiger partial charge < -0.3 is 5.32 Å². The van der Waals surface area contributed by atoms with Crippen molar-refractivity contribution in [1.29, 1.82) is 0 Å². The van der Waals surface area contributed by atoms with Crippen molar-refractivity contribution in [3.8, 4) is 0 Å². The van der Waals surface area contributed by atoms with E-state index in [-0.39, 0.29) is 0 Å². The van der Waals surface area contributed by atoms with Gasteiger partial charge in [-0.1, -0.05) is 20.3 Å². The van der Waals surface area contributed by atoms with Gasteiger partial charge in [0.1, 0.15) is 0 Å². The zero-order valence-corrected chi connectivity index (χ0v) is 10.5. The van der Waals surface area contributed by atoms with Crippen molar-refractivity contribution in [2.24, 2.45) is 11.8 Å². The molecule has 0 aromatic carbocycles. The zero-order chi connectivity index (χ0) is 10.8. The third-order valence-electron chi connectivity index (χ3n) is 4.45. The first kappa shape index (κ1) is 11.4. The summed E-state index contributed by atoms with van der Waals surface area (Å²) in [5, 5.41) is 3.55. The minimum atomic E-state index is 0.797. The minimum absolute atomic E-state index is 0.797. The Balaban J connectivity index is 2.00. The maximum Gasteiger partial charge on any atom is 0.0140 e. The molecular formula is C13H26N2. The van der Waals surface area contributed by atoms with Crippen LogP contribution < -0.4 is 5.32 Å². The highest BCUT2D eigenvalue weighted by molar-refractivity contribution is 4.99. The van der Waals surface area contributed by atoms with Crippen molar-refractivity contribution in [2.75, 3.05) is 19.6 Å². The van der Waals surface area contributed by atoms with Crippen LogP contribution in [0.3, 0.4) is 0 Å². The summed E-state index contributed by atoms with van der Waals surface area (Å²) in [7, 11) is 0. The summed E-state index contributed by atoms with van der Waals surface area (Å²) in [4.78, 5) is 2.79. The largest absolute Gasteiger partial charge is 0.316 e. The highest BCUT2D eigenvalue weighted by Crippen LogP contribution is 2.36. The van der Waals surface area contributed by atoms with Crippen LogP contribution in [0.5, 0.6) is 0 Å². The molecule has 0 spiro atoms. The Kier molecular flexibility index (Phi) is 3.68. The van der Waals surface area contributed by atoms with E-state index in [9.17, 15) is 0 Å². The van der Waals surface area contributed by atoms with Crippen molar-refractivity contribution in [3.63, 3.8) is 0 Å². The molecule has 2 saturated heterocycles. The normalized spacial score (nSPS) is 38.2. The standard InChI is InChI=1S/C13H26N2/c1-4-6-10(3)15-9-11-7-14-8-12(11)13(15)5-2/h10-14H,4-9H2,1-3H3. The number of rotatable bonds is 4. The van der Waals surface area contributed by atoms with Crippen molar-refractivity contribution >= 4 is 0 Å². The van der Waals surface area contributed by atoms with E-state index >= 15 is 0 Å². The van der Waals surface area contributed by atoms with Gasteiger partial charge in [-0.3, -0.25) is 4.90 Å². The number of fused-ring (bicyclic) bond motifs is 1. The van der Waals surface area contributed by atoms with Gasteiger partial charge in [-0.05, 0) is 44.7 Å². The summed E-state index contributed by atoms with van der Waals surface area (Å²) in [5.74, 6) is 1.88. The second kappa shape index (κ2) is 4.84. The van der Waals surface area contributed by atoms with Crippen LogP contribution in [0.25, 0.3) is 0 Å². The van der Waals surface area contributed by atoms with Crippen molar-refractivity contribution in [2.45, 2.75) is 52.1 Å². The lowest BCUT2D eigenvalue weighted by molar-refractivity contribution is 0.157. The molecule has 0 saturated carbocycles. The lowest BCUT2D eigenvalue weighted by Crippen LogP contribution is -2.40. The maximum absolute atomic E-state index is 3.55. The van der Waals surface area contributed by atoms with Gasteiger partial charge in [0, 0.05) is 18.6 Å². The molecule has 1 N–H and O–H groups in total. The van der Waals surface area contributed by atoms with Crippen LogP contribution in [0.1, 0.15) is 40.0 Å². The summed E-state index contributed by atoms with van der Waals surface area (Å²) in [6, 6.07) is 1.65. The molecule has 2 nitrogen and oxygen atoms in total. The van der Waals surface area contributed by atoms with Crippen LogP contribution in [0.15, 0.2) is 0 Å². The van der Waals surface area contributed by atoms with Gasteiger partial charge in [0.25, 0.3) is 0 Å². The highest BCUT2D eigenvalue weighted by Gasteiger charge is 2.44. The molecule has 0 amide bonds. The second-order valence-corrected chi connectivity index (χ2v) is 5.39. The molecule has 0 aliphatic carbocycles. The molecule has 2 aliphatic rings. The first-order valence-electron chi connectivity index (χ1n) is 6.74. The molecule has 4 unspecified atom stereocenters. The second-order valence-electron chi connectivity index (χ2n) is 5.39. The molecule has 2 aliphatic heterocycles. The van der Waals surface area contributed by atoms with Crippen LogP contribution in [-0.4, -0.2) is 36.6 Å². The average Bonchev–Trinajstić information content (AvgIpc) is 2.76. The molecule has 0 aromatic heterocycles. The van der Waals surface area contributed by atoms with Crippen molar-refractivity contribution in [1.82, 2.24) is 10.2 Å². The fraction of sp³-hybridized carbons (Fsp3) is 1.00. The third kappa shape index (κ3) is 2.07. The van der Waals surface area contributed by atoms with E-state index in [4.69, 9.17) is 0 Å². The molecule has 2 heterocycles. The topological polar surface area (TPSA) is 15.3 Å². The zero-order valence-electron chi connectivity index (χ0n) is 10.5. The quantitative estimate of drug-likeness (QED) is 0.764. The fourth-order valence-corrected chi connectivity index (χ4v) is 3.68. The Labute approximate surface area is 94.4 Å². The summed E-state index contributed by atoms with van der Waals surface area (Å²) in [6.07, 6.45) is 4.02. The molecule has 88 valence electrons. The van der Waals surface area contributed by atoms with Gasteiger partial charge in [-0.15, -0.1) is 0 Å². The molecule has 2 rings (SSSR count). The number of hydrogen-bond acceptors (Lipinski definition) is 2. The SMILES string of the molecule is CCCC(C)N1CC2CNCC2C1CC. The summed E-state index contributed by atoms with van der Waals surface area (Å²) in [6.45, 7) is 10.9. The maximum atomic E-state index is 3.55. The first-order valence-corrected chi connectivity index (χ1v) is 6.74. The van der Waals surface area contributed by atoms with Gasteiger partial charge in [0.15, 0.2) is 0 Å². The summed E-state index contributed by atoms with van der Waals surface area (Å²) < 4.78 is 0. The predicted molar refractivity (Wildman–Crippen MR) is 65.0 cm³/mol. The van der Waals surface area contributed by atoms with Crippen LogP contribution in [-0.2, 0) is 0 Å². The number of nitrogens with zero attached hydrogens (tertiary/aromatic N) is 1.